The van der Waals surface area contributed by atoms with Gasteiger partial charge in [-0.25, -0.2) is 8.42 Å². The molecular weight excluding hydrogens is 707 g/mol. The zero-order chi connectivity index (χ0) is 37.7. The summed E-state index contributed by atoms with van der Waals surface area (Å²) in [5.74, 6) is -0.966. The predicted octanol–water partition coefficient (Wildman–Crippen LogP) is 5.65. The summed E-state index contributed by atoms with van der Waals surface area (Å²) in [5, 5.41) is 12.6. The number of sulfonamides is 1. The normalized spacial score (nSPS) is 23.6. The lowest BCUT2D eigenvalue weighted by Crippen LogP contribution is -2.50. The van der Waals surface area contributed by atoms with Gasteiger partial charge in [-0.3, -0.25) is 4.79 Å². The van der Waals surface area contributed by atoms with Crippen LogP contribution in [0.25, 0.3) is 0 Å². The van der Waals surface area contributed by atoms with Crippen molar-refractivity contribution in [3.63, 3.8) is 0 Å². The van der Waals surface area contributed by atoms with Crippen molar-refractivity contribution in [2.45, 2.75) is 74.9 Å². The van der Waals surface area contributed by atoms with Crippen molar-refractivity contribution in [3.05, 3.63) is 131 Å². The third-order valence-corrected chi connectivity index (χ3v) is 12.1. The van der Waals surface area contributed by atoms with E-state index in [-0.39, 0.29) is 36.0 Å². The molecule has 3 aliphatic heterocycles. The summed E-state index contributed by atoms with van der Waals surface area (Å²) in [6.07, 6.45) is 0.517. The van der Waals surface area contributed by atoms with Gasteiger partial charge in [-0.1, -0.05) is 91.3 Å². The SMILES string of the molecule is Cc1ccc(S(=O)(=O)NC(Cc2ccccc2)C(=O)Nc2cccc(C3OC(CN4CCC5(CC4)OCCO5)C(C)C(c4ccc(CO)cc4)O3)c2)cc1. The van der Waals surface area contributed by atoms with Crippen LogP contribution in [0.4, 0.5) is 5.69 Å². The number of hydrogen-bond acceptors (Lipinski definition) is 9. The molecule has 54 heavy (non-hydrogen) atoms. The predicted molar refractivity (Wildman–Crippen MR) is 204 cm³/mol. The molecule has 4 aromatic carbocycles. The van der Waals surface area contributed by atoms with Crippen molar-refractivity contribution in [1.82, 2.24) is 9.62 Å². The summed E-state index contributed by atoms with van der Waals surface area (Å²) in [6.45, 7) is 7.60. The molecule has 0 bridgehead atoms. The molecule has 7 rings (SSSR count). The molecule has 4 aromatic rings. The van der Waals surface area contributed by atoms with Crippen LogP contribution in [0.1, 0.15) is 60.0 Å². The average molecular weight is 756 g/mol. The number of ether oxygens (including phenoxy) is 4. The van der Waals surface area contributed by atoms with E-state index in [9.17, 15) is 18.3 Å². The molecule has 286 valence electrons. The molecule has 1 spiro atoms. The molecule has 5 unspecified atom stereocenters. The molecule has 12 heteroatoms. The molecule has 0 aliphatic carbocycles. The molecule has 3 N–H and O–H groups in total. The number of aliphatic hydroxyl groups is 1. The maximum atomic E-state index is 13.9. The molecule has 3 heterocycles. The topological polar surface area (TPSA) is 136 Å². The van der Waals surface area contributed by atoms with Crippen molar-refractivity contribution in [2.24, 2.45) is 5.92 Å². The lowest BCUT2D eigenvalue weighted by molar-refractivity contribution is -0.278. The Morgan fingerprint density at radius 3 is 2.26 bits per heavy atom. The van der Waals surface area contributed by atoms with E-state index in [1.807, 2.05) is 79.7 Å². The lowest BCUT2D eigenvalue weighted by atomic mass is 9.89. The Kier molecular flexibility index (Phi) is 11.9. The molecule has 1 amide bonds. The summed E-state index contributed by atoms with van der Waals surface area (Å²) in [7, 11) is -4.01. The fourth-order valence-corrected chi connectivity index (χ4v) is 8.64. The van der Waals surface area contributed by atoms with Gasteiger partial charge in [0.2, 0.25) is 15.9 Å². The molecule has 0 radical (unpaired) electrons. The standard InChI is InChI=1S/C42H49N3O8S/c1-29-11-17-36(18-12-29)54(48,49)44-37(25-31-7-4-3-5-8-31)40(47)43-35-10-6-9-34(26-35)41-52-38(27-45-21-19-42(20-22-45)50-23-24-51-42)30(2)39(53-41)33-15-13-32(28-46)14-16-33/h3-18,26,30,37-39,41,44,46H,19-25,27-28H2,1-2H3,(H,43,47). The van der Waals surface area contributed by atoms with E-state index in [2.05, 4.69) is 21.9 Å². The molecule has 0 aromatic heterocycles. The number of amides is 1. The van der Waals surface area contributed by atoms with Crippen LogP contribution in [0.2, 0.25) is 0 Å². The zero-order valence-corrected chi connectivity index (χ0v) is 31.5. The number of nitrogens with one attached hydrogen (secondary N) is 2. The highest BCUT2D eigenvalue weighted by Gasteiger charge is 2.43. The van der Waals surface area contributed by atoms with E-state index in [1.54, 1.807) is 18.2 Å². The van der Waals surface area contributed by atoms with Gasteiger partial charge in [0.15, 0.2) is 12.1 Å². The van der Waals surface area contributed by atoms with Crippen LogP contribution in [0.3, 0.4) is 0 Å². The molecule has 5 atom stereocenters. The second-order valence-corrected chi connectivity index (χ2v) is 16.2. The van der Waals surface area contributed by atoms with Gasteiger partial charge in [-0.15, -0.1) is 0 Å². The first kappa shape index (κ1) is 38.3. The number of anilines is 1. The second kappa shape index (κ2) is 16.8. The summed E-state index contributed by atoms with van der Waals surface area (Å²) in [6, 6.07) is 29.8. The molecular formula is C42H49N3O8S. The molecule has 3 fully saturated rings. The Hall–Kier alpha value is -3.98. The first-order chi connectivity index (χ1) is 26.1. The Labute approximate surface area is 317 Å². The smallest absolute Gasteiger partial charge is 0.242 e. The van der Waals surface area contributed by atoms with E-state index >= 15 is 0 Å². The first-order valence-electron chi connectivity index (χ1n) is 18.6. The highest BCUT2D eigenvalue weighted by atomic mass is 32.2. The first-order valence-corrected chi connectivity index (χ1v) is 20.1. The maximum absolute atomic E-state index is 13.9. The van der Waals surface area contributed by atoms with Gasteiger partial charge in [0.25, 0.3) is 0 Å². The van der Waals surface area contributed by atoms with Crippen molar-refractivity contribution < 1.29 is 37.3 Å². The highest BCUT2D eigenvalue weighted by molar-refractivity contribution is 7.89. The minimum absolute atomic E-state index is 0.000670. The van der Waals surface area contributed by atoms with Crippen LogP contribution in [-0.4, -0.2) is 75.1 Å². The van der Waals surface area contributed by atoms with Gasteiger partial charge >= 0.3 is 0 Å². The maximum Gasteiger partial charge on any atom is 0.242 e. The zero-order valence-electron chi connectivity index (χ0n) is 30.7. The minimum atomic E-state index is -4.01. The number of nitrogens with zero attached hydrogens (tertiary/aromatic N) is 1. The number of likely N-dealkylation sites (tertiary alicyclic amines) is 1. The van der Waals surface area contributed by atoms with Crippen LogP contribution < -0.4 is 10.0 Å². The van der Waals surface area contributed by atoms with Crippen molar-refractivity contribution in [2.75, 3.05) is 38.2 Å². The van der Waals surface area contributed by atoms with E-state index < -0.39 is 34.0 Å². The Morgan fingerprint density at radius 2 is 1.57 bits per heavy atom. The number of hydrogen-bond donors (Lipinski definition) is 3. The van der Waals surface area contributed by atoms with Gasteiger partial charge < -0.3 is 34.3 Å². The van der Waals surface area contributed by atoms with E-state index in [1.165, 1.54) is 12.1 Å². The van der Waals surface area contributed by atoms with Crippen LogP contribution in [0.5, 0.6) is 0 Å². The number of carbonyl (C=O) groups excluding carboxylic acids is 1. The van der Waals surface area contributed by atoms with Gasteiger partial charge in [-0.05, 0) is 54.3 Å². The Bertz CT molecular complexity index is 1960. The minimum Gasteiger partial charge on any atom is -0.392 e. The Morgan fingerprint density at radius 1 is 0.870 bits per heavy atom. The van der Waals surface area contributed by atoms with Gasteiger partial charge in [0, 0.05) is 49.6 Å². The number of aryl methyl sites for hydroxylation is 1. The van der Waals surface area contributed by atoms with Crippen molar-refractivity contribution >= 4 is 21.6 Å². The average Bonchev–Trinajstić information content (AvgIpc) is 3.64. The second-order valence-electron chi connectivity index (χ2n) is 14.5. The lowest BCUT2D eigenvalue weighted by Gasteiger charge is -2.44. The van der Waals surface area contributed by atoms with Crippen LogP contribution in [0.15, 0.2) is 108 Å². The third kappa shape index (κ3) is 9.10. The fourth-order valence-electron chi connectivity index (χ4n) is 7.45. The van der Waals surface area contributed by atoms with Gasteiger partial charge in [0.05, 0.1) is 36.9 Å². The number of rotatable bonds is 12. The van der Waals surface area contributed by atoms with E-state index in [0.717, 1.165) is 48.2 Å². The molecule has 11 nitrogen and oxygen atoms in total. The van der Waals surface area contributed by atoms with Crippen LogP contribution >= 0.6 is 0 Å². The number of benzene rings is 4. The summed E-state index contributed by atoms with van der Waals surface area (Å²) in [5.41, 5.74) is 4.74. The monoisotopic (exact) mass is 755 g/mol. The number of piperidine rings is 1. The number of aliphatic hydroxyl groups excluding tert-OH is 1. The summed E-state index contributed by atoms with van der Waals surface area (Å²) >= 11 is 0. The van der Waals surface area contributed by atoms with Crippen LogP contribution in [0, 0.1) is 12.8 Å². The highest BCUT2D eigenvalue weighted by Crippen LogP contribution is 2.43. The van der Waals surface area contributed by atoms with E-state index in [4.69, 9.17) is 18.9 Å². The molecule has 3 aliphatic rings. The van der Waals surface area contributed by atoms with E-state index in [0.29, 0.717) is 31.0 Å². The summed E-state index contributed by atoms with van der Waals surface area (Å²) < 4.78 is 54.9. The Balaban J connectivity index is 1.10. The molecule has 0 saturated carbocycles. The molecule has 3 saturated heterocycles. The van der Waals surface area contributed by atoms with Gasteiger partial charge in [-0.2, -0.15) is 4.72 Å². The van der Waals surface area contributed by atoms with Gasteiger partial charge in [0.1, 0.15) is 6.04 Å². The summed E-state index contributed by atoms with van der Waals surface area (Å²) in [4.78, 5) is 16.4. The van der Waals surface area contributed by atoms with Crippen molar-refractivity contribution in [3.8, 4) is 0 Å². The fraction of sp³-hybridized carbons (Fsp3) is 0.405. The van der Waals surface area contributed by atoms with Crippen molar-refractivity contribution in [1.29, 1.82) is 0 Å². The largest absolute Gasteiger partial charge is 0.392 e. The third-order valence-electron chi connectivity index (χ3n) is 10.6. The quantitative estimate of drug-likeness (QED) is 0.168. The van der Waals surface area contributed by atoms with Crippen LogP contribution in [-0.2, 0) is 46.8 Å². The number of carbonyl (C=O) groups is 1.